The Kier molecular flexibility index (Phi) is 4.69. The summed E-state index contributed by atoms with van der Waals surface area (Å²) < 4.78 is 5.02. The second kappa shape index (κ2) is 5.82. The molecule has 1 heterocycles. The second-order valence-corrected chi connectivity index (χ2v) is 4.71. The number of nitrogens with zero attached hydrogens (tertiary/aromatic N) is 1. The number of rotatable bonds is 6. The van der Waals surface area contributed by atoms with Gasteiger partial charge >= 0.3 is 0 Å². The average Bonchev–Trinajstić information content (AvgIpc) is 2.73. The number of carbonyl (C=O) groups excluding carboxylic acids is 1. The lowest BCUT2D eigenvalue weighted by Crippen LogP contribution is -2.39. The van der Waals surface area contributed by atoms with Gasteiger partial charge in [0, 0.05) is 19.0 Å². The number of methoxy groups -OCH3 is 1. The molecule has 5 heteroatoms. The van der Waals surface area contributed by atoms with Crippen LogP contribution in [0, 0.1) is 5.41 Å². The normalized spacial score (nSPS) is 11.5. The minimum atomic E-state index is -0.519. The molecule has 0 aliphatic heterocycles. The molecule has 2 N–H and O–H groups in total. The zero-order valence-corrected chi connectivity index (χ0v) is 11.0. The zero-order chi connectivity index (χ0) is 12.9. The molecule has 0 spiro atoms. The summed E-state index contributed by atoms with van der Waals surface area (Å²) in [6.07, 6.45) is 2.71. The van der Waals surface area contributed by atoms with Crippen LogP contribution in [0.2, 0.25) is 0 Å². The molecule has 0 unspecified atom stereocenters. The van der Waals surface area contributed by atoms with Gasteiger partial charge in [0.05, 0.1) is 18.6 Å². The zero-order valence-electron chi connectivity index (χ0n) is 11.0. The van der Waals surface area contributed by atoms with Crippen LogP contribution in [0.15, 0.2) is 6.20 Å². The van der Waals surface area contributed by atoms with Crippen LogP contribution in [0.3, 0.4) is 0 Å². The van der Waals surface area contributed by atoms with Crippen molar-refractivity contribution in [3.05, 3.63) is 17.7 Å². The highest BCUT2D eigenvalue weighted by Crippen LogP contribution is 2.15. The fourth-order valence-corrected chi connectivity index (χ4v) is 1.50. The Morgan fingerprint density at radius 2 is 2.29 bits per heavy atom. The van der Waals surface area contributed by atoms with Crippen molar-refractivity contribution in [2.24, 2.45) is 5.41 Å². The fourth-order valence-electron chi connectivity index (χ4n) is 1.50. The van der Waals surface area contributed by atoms with Crippen molar-refractivity contribution in [3.63, 3.8) is 0 Å². The molecule has 1 rings (SSSR count). The van der Waals surface area contributed by atoms with E-state index in [9.17, 15) is 4.79 Å². The fraction of sp³-hybridized carbons (Fsp3) is 0.667. The number of carbonyl (C=O) groups is 1. The third-order valence-corrected chi connectivity index (χ3v) is 2.60. The minimum absolute atomic E-state index is 0.0335. The van der Waals surface area contributed by atoms with Crippen LogP contribution in [0.25, 0.3) is 0 Å². The van der Waals surface area contributed by atoms with Crippen molar-refractivity contribution >= 4 is 5.91 Å². The average molecular weight is 239 g/mol. The molecule has 0 aliphatic rings. The van der Waals surface area contributed by atoms with Crippen molar-refractivity contribution in [3.8, 4) is 0 Å². The van der Waals surface area contributed by atoms with E-state index in [1.165, 1.54) is 0 Å². The van der Waals surface area contributed by atoms with Gasteiger partial charge in [0.1, 0.15) is 5.82 Å². The van der Waals surface area contributed by atoms with E-state index in [0.717, 1.165) is 17.9 Å². The number of amides is 1. The summed E-state index contributed by atoms with van der Waals surface area (Å²) in [5.41, 5.74) is 0.556. The van der Waals surface area contributed by atoms with Crippen molar-refractivity contribution in [1.29, 1.82) is 0 Å². The quantitative estimate of drug-likeness (QED) is 0.785. The van der Waals surface area contributed by atoms with Gasteiger partial charge in [-0.25, -0.2) is 4.98 Å². The van der Waals surface area contributed by atoms with E-state index >= 15 is 0 Å². The number of ether oxygens (including phenoxy) is 1. The molecule has 0 atom stereocenters. The van der Waals surface area contributed by atoms with Gasteiger partial charge in [-0.15, -0.1) is 0 Å². The molecule has 17 heavy (non-hydrogen) atoms. The van der Waals surface area contributed by atoms with E-state index in [2.05, 4.69) is 22.2 Å². The van der Waals surface area contributed by atoms with Crippen LogP contribution in [0.5, 0.6) is 0 Å². The monoisotopic (exact) mass is 239 g/mol. The van der Waals surface area contributed by atoms with E-state index in [0.29, 0.717) is 13.2 Å². The summed E-state index contributed by atoms with van der Waals surface area (Å²) >= 11 is 0. The highest BCUT2D eigenvalue weighted by molar-refractivity contribution is 5.81. The van der Waals surface area contributed by atoms with Crippen molar-refractivity contribution in [2.75, 3.05) is 13.7 Å². The van der Waals surface area contributed by atoms with E-state index in [4.69, 9.17) is 4.74 Å². The summed E-state index contributed by atoms with van der Waals surface area (Å²) in [5, 5.41) is 2.85. The number of hydrogen-bond acceptors (Lipinski definition) is 3. The third kappa shape index (κ3) is 3.85. The molecule has 1 aromatic rings. The topological polar surface area (TPSA) is 67.0 Å². The molecule has 0 saturated heterocycles. The molecule has 0 radical (unpaired) electrons. The van der Waals surface area contributed by atoms with Crippen LogP contribution in [-0.4, -0.2) is 29.6 Å². The van der Waals surface area contributed by atoms with Crippen LogP contribution in [-0.2, 0) is 22.5 Å². The summed E-state index contributed by atoms with van der Waals surface area (Å²) in [5.74, 6) is 0.747. The number of aryl methyl sites for hydroxylation is 1. The molecule has 0 aromatic carbocycles. The number of imidazole rings is 1. The van der Waals surface area contributed by atoms with Gasteiger partial charge in [-0.1, -0.05) is 6.92 Å². The van der Waals surface area contributed by atoms with Gasteiger partial charge in [-0.3, -0.25) is 4.79 Å². The van der Waals surface area contributed by atoms with Gasteiger partial charge < -0.3 is 15.0 Å². The minimum Gasteiger partial charge on any atom is -0.384 e. The smallest absolute Gasteiger partial charge is 0.228 e. The van der Waals surface area contributed by atoms with Crippen molar-refractivity contribution < 1.29 is 9.53 Å². The second-order valence-electron chi connectivity index (χ2n) is 4.71. The first kappa shape index (κ1) is 13.7. The lowest BCUT2D eigenvalue weighted by molar-refractivity contribution is -0.132. The number of nitrogens with one attached hydrogen (secondary N) is 2. The molecular weight excluding hydrogens is 218 g/mol. The molecule has 0 fully saturated rings. The Balaban J connectivity index is 2.47. The van der Waals surface area contributed by atoms with Gasteiger partial charge in [-0.2, -0.15) is 0 Å². The third-order valence-electron chi connectivity index (χ3n) is 2.60. The maximum absolute atomic E-state index is 11.9. The maximum atomic E-state index is 11.9. The van der Waals surface area contributed by atoms with Crippen molar-refractivity contribution in [1.82, 2.24) is 15.3 Å². The maximum Gasteiger partial charge on any atom is 0.228 e. The Bertz CT molecular complexity index is 372. The number of aromatic nitrogens is 2. The Morgan fingerprint density at radius 1 is 1.59 bits per heavy atom. The standard InChI is InChI=1S/C12H21N3O2/c1-5-9-6-13-10(15-9)7-14-11(16)12(2,3)8-17-4/h6H,5,7-8H2,1-4H3,(H,13,15)(H,14,16). The van der Waals surface area contributed by atoms with E-state index in [-0.39, 0.29) is 5.91 Å². The lowest BCUT2D eigenvalue weighted by atomic mass is 9.94. The summed E-state index contributed by atoms with van der Waals surface area (Å²) in [7, 11) is 1.59. The number of aromatic amines is 1. The number of H-pyrrole nitrogens is 1. The van der Waals surface area contributed by atoms with Crippen molar-refractivity contribution in [2.45, 2.75) is 33.7 Å². The molecular formula is C12H21N3O2. The molecule has 1 amide bonds. The predicted octanol–water partition coefficient (Wildman–Crippen LogP) is 1.26. The van der Waals surface area contributed by atoms with Gasteiger partial charge in [0.2, 0.25) is 5.91 Å². The van der Waals surface area contributed by atoms with Gasteiger partial charge in [-0.05, 0) is 20.3 Å². The van der Waals surface area contributed by atoms with Crippen LogP contribution in [0.1, 0.15) is 32.3 Å². The highest BCUT2D eigenvalue weighted by atomic mass is 16.5. The number of hydrogen-bond donors (Lipinski definition) is 2. The Labute approximate surface area is 102 Å². The summed E-state index contributed by atoms with van der Waals surface area (Å²) in [6, 6.07) is 0. The van der Waals surface area contributed by atoms with Crippen LogP contribution >= 0.6 is 0 Å². The van der Waals surface area contributed by atoms with Gasteiger partial charge in [0.25, 0.3) is 0 Å². The van der Waals surface area contributed by atoms with E-state index in [1.807, 2.05) is 13.8 Å². The Morgan fingerprint density at radius 3 is 2.82 bits per heavy atom. The highest BCUT2D eigenvalue weighted by Gasteiger charge is 2.27. The molecule has 1 aromatic heterocycles. The Hall–Kier alpha value is -1.36. The summed E-state index contributed by atoms with van der Waals surface area (Å²) in [4.78, 5) is 19.2. The first-order valence-electron chi connectivity index (χ1n) is 5.79. The predicted molar refractivity (Wildman–Crippen MR) is 65.5 cm³/mol. The first-order chi connectivity index (χ1) is 7.99. The molecule has 0 bridgehead atoms. The van der Waals surface area contributed by atoms with Crippen LogP contribution in [0.4, 0.5) is 0 Å². The SMILES string of the molecule is CCc1cnc(CNC(=O)C(C)(C)COC)[nH]1. The largest absolute Gasteiger partial charge is 0.384 e. The van der Waals surface area contributed by atoms with Gasteiger partial charge in [0.15, 0.2) is 0 Å². The van der Waals surface area contributed by atoms with Crippen LogP contribution < -0.4 is 5.32 Å². The van der Waals surface area contributed by atoms with E-state index in [1.54, 1.807) is 13.3 Å². The first-order valence-corrected chi connectivity index (χ1v) is 5.79. The molecule has 0 aliphatic carbocycles. The molecule has 5 nitrogen and oxygen atoms in total. The molecule has 96 valence electrons. The lowest BCUT2D eigenvalue weighted by Gasteiger charge is -2.22. The molecule has 0 saturated carbocycles. The summed E-state index contributed by atoms with van der Waals surface area (Å²) in [6.45, 7) is 6.58. The van der Waals surface area contributed by atoms with E-state index < -0.39 is 5.41 Å².